The fraction of sp³-hybridized carbons (Fsp3) is 0.111. The first kappa shape index (κ1) is 23.9. The lowest BCUT2D eigenvalue weighted by molar-refractivity contribution is -0.140. The number of thiazole rings is 1. The maximum absolute atomic E-state index is 13.1. The fourth-order valence-electron chi connectivity index (χ4n) is 2.53. The normalized spacial score (nSPS) is 11.0. The summed E-state index contributed by atoms with van der Waals surface area (Å²) in [6.07, 6.45) is -0.812. The summed E-state index contributed by atoms with van der Waals surface area (Å²) in [6, 6.07) is 1.76. The van der Waals surface area contributed by atoms with Crippen LogP contribution in [0.15, 0.2) is 36.1 Å². The molecule has 5 N–H and O–H groups in total. The summed E-state index contributed by atoms with van der Waals surface area (Å²) >= 11 is 6.07. The van der Waals surface area contributed by atoms with E-state index in [1.54, 1.807) is 0 Å². The number of hydrogen-bond acceptors (Lipinski definition) is 7. The summed E-state index contributed by atoms with van der Waals surface area (Å²) in [5, 5.41) is 3.08. The molecule has 33 heavy (non-hydrogen) atoms. The molecule has 3 aromatic heterocycles. The van der Waals surface area contributed by atoms with Crippen LogP contribution in [0.25, 0.3) is 21.7 Å². The number of nitrogens with zero attached hydrogens (tertiary/aromatic N) is 3. The third-order valence-corrected chi connectivity index (χ3v) is 5.05. The summed E-state index contributed by atoms with van der Waals surface area (Å²) in [4.78, 5) is 46.3. The highest BCUT2D eigenvalue weighted by Crippen LogP contribution is 2.38. The predicted molar refractivity (Wildman–Crippen MR) is 113 cm³/mol. The molecule has 3 rings (SSSR count). The van der Waals surface area contributed by atoms with Gasteiger partial charge >= 0.3 is 12.2 Å². The van der Waals surface area contributed by atoms with Crippen LogP contribution < -0.4 is 21.9 Å². The molecule has 10 nitrogen and oxygen atoms in total. The van der Waals surface area contributed by atoms with Gasteiger partial charge in [0.2, 0.25) is 0 Å². The minimum absolute atomic E-state index is 0.0172. The van der Waals surface area contributed by atoms with E-state index in [1.165, 1.54) is 30.7 Å². The molecule has 0 saturated carbocycles. The van der Waals surface area contributed by atoms with Gasteiger partial charge in [0.25, 0.3) is 11.8 Å². The van der Waals surface area contributed by atoms with Crippen LogP contribution in [-0.2, 0) is 11.0 Å². The molecule has 0 bridgehead atoms. The topological polar surface area (TPSA) is 152 Å². The van der Waals surface area contributed by atoms with Gasteiger partial charge in [0, 0.05) is 40.7 Å². The molecule has 0 aliphatic rings. The molecule has 0 saturated heterocycles. The number of amides is 4. The van der Waals surface area contributed by atoms with E-state index in [1.807, 2.05) is 0 Å². The summed E-state index contributed by atoms with van der Waals surface area (Å²) in [6.45, 7) is 0. The molecule has 0 aromatic carbocycles. The SMILES string of the molecule is NC(=O)Nc1cc(-c2nc(C(F)(F)F)cs2)c(-c2cncc(C(=O)NNC(=O)CCl)c2)cn1. The highest BCUT2D eigenvalue weighted by molar-refractivity contribution is 7.13. The lowest BCUT2D eigenvalue weighted by Crippen LogP contribution is -2.42. The number of halogens is 4. The number of hydrazine groups is 1. The van der Waals surface area contributed by atoms with Gasteiger partial charge in [0.1, 0.15) is 16.7 Å². The maximum atomic E-state index is 13.1. The molecule has 15 heteroatoms. The van der Waals surface area contributed by atoms with Gasteiger partial charge in [-0.2, -0.15) is 13.2 Å². The van der Waals surface area contributed by atoms with Crippen molar-refractivity contribution in [1.29, 1.82) is 0 Å². The van der Waals surface area contributed by atoms with Gasteiger partial charge in [0.15, 0.2) is 5.69 Å². The van der Waals surface area contributed by atoms with Crippen molar-refractivity contribution in [3.63, 3.8) is 0 Å². The lowest BCUT2D eigenvalue weighted by atomic mass is 10.0. The minimum Gasteiger partial charge on any atom is -0.351 e. The first-order valence-corrected chi connectivity index (χ1v) is 10.2. The second-order valence-corrected chi connectivity index (χ2v) is 7.36. The second-order valence-electron chi connectivity index (χ2n) is 6.24. The third-order valence-electron chi connectivity index (χ3n) is 3.93. The van der Waals surface area contributed by atoms with Gasteiger partial charge in [0.05, 0.1) is 5.56 Å². The molecule has 3 aromatic rings. The molecule has 4 amide bonds. The summed E-state index contributed by atoms with van der Waals surface area (Å²) in [5.74, 6) is -1.73. The Balaban J connectivity index is 2.04. The number of nitrogens with one attached hydrogen (secondary N) is 3. The molecular weight excluding hydrogens is 487 g/mol. The molecule has 0 atom stereocenters. The number of primary amides is 1. The van der Waals surface area contributed by atoms with Crippen molar-refractivity contribution < 1.29 is 27.6 Å². The zero-order valence-electron chi connectivity index (χ0n) is 16.2. The van der Waals surface area contributed by atoms with E-state index in [-0.39, 0.29) is 33.4 Å². The Morgan fingerprint density at radius 2 is 1.85 bits per heavy atom. The zero-order chi connectivity index (χ0) is 24.2. The van der Waals surface area contributed by atoms with Crippen molar-refractivity contribution in [2.24, 2.45) is 5.73 Å². The van der Waals surface area contributed by atoms with Gasteiger partial charge < -0.3 is 5.73 Å². The Morgan fingerprint density at radius 1 is 1.09 bits per heavy atom. The number of nitrogens with two attached hydrogens (primary N) is 1. The number of rotatable bonds is 5. The number of hydrogen-bond donors (Lipinski definition) is 4. The summed E-state index contributed by atoms with van der Waals surface area (Å²) in [7, 11) is 0. The Kier molecular flexibility index (Phi) is 7.08. The van der Waals surface area contributed by atoms with E-state index in [0.29, 0.717) is 5.56 Å². The van der Waals surface area contributed by atoms with Crippen LogP contribution in [0.1, 0.15) is 16.1 Å². The molecule has 0 unspecified atom stereocenters. The summed E-state index contributed by atoms with van der Waals surface area (Å²) in [5.41, 5.74) is 9.05. The van der Waals surface area contributed by atoms with Crippen LogP contribution in [-0.4, -0.2) is 38.7 Å². The van der Waals surface area contributed by atoms with Crippen LogP contribution in [0.4, 0.5) is 23.8 Å². The van der Waals surface area contributed by atoms with E-state index in [9.17, 15) is 27.6 Å². The molecule has 0 aliphatic carbocycles. The predicted octanol–water partition coefficient (Wildman–Crippen LogP) is 2.78. The van der Waals surface area contributed by atoms with Crippen molar-refractivity contribution in [2.75, 3.05) is 11.2 Å². The van der Waals surface area contributed by atoms with Gasteiger partial charge in [-0.05, 0) is 12.1 Å². The van der Waals surface area contributed by atoms with Crippen molar-refractivity contribution in [2.45, 2.75) is 6.18 Å². The van der Waals surface area contributed by atoms with Gasteiger partial charge in [-0.25, -0.2) is 14.8 Å². The maximum Gasteiger partial charge on any atom is 0.434 e. The Bertz CT molecular complexity index is 1220. The van der Waals surface area contributed by atoms with Crippen molar-refractivity contribution in [1.82, 2.24) is 25.8 Å². The van der Waals surface area contributed by atoms with Crippen LogP contribution in [0, 0.1) is 0 Å². The number of pyridine rings is 2. The van der Waals surface area contributed by atoms with E-state index in [0.717, 1.165) is 16.7 Å². The Labute approximate surface area is 192 Å². The van der Waals surface area contributed by atoms with Crippen molar-refractivity contribution in [3.05, 3.63) is 47.4 Å². The van der Waals surface area contributed by atoms with E-state index >= 15 is 0 Å². The number of aromatic nitrogens is 3. The van der Waals surface area contributed by atoms with Crippen LogP contribution in [0.2, 0.25) is 0 Å². The average molecular weight is 500 g/mol. The quantitative estimate of drug-likeness (QED) is 0.313. The Hall–Kier alpha value is -3.78. The molecule has 0 fully saturated rings. The zero-order valence-corrected chi connectivity index (χ0v) is 17.8. The third kappa shape index (κ3) is 5.93. The van der Waals surface area contributed by atoms with Crippen LogP contribution >= 0.6 is 22.9 Å². The molecule has 0 radical (unpaired) electrons. The number of carbonyl (C=O) groups excluding carboxylic acids is 3. The van der Waals surface area contributed by atoms with E-state index in [2.05, 4.69) is 31.1 Å². The standard InChI is InChI=1S/C18H13ClF3N7O3S/c19-3-14(30)28-29-15(31)9-1-8(4-24-5-9)11-6-25-13(27-17(23)32)2-10(11)16-26-12(7-33-16)18(20,21)22/h1-2,4-7H,3H2,(H,28,30)(H,29,31)(H3,23,25,27,32). The monoisotopic (exact) mass is 499 g/mol. The van der Waals surface area contributed by atoms with Crippen LogP contribution in [0.5, 0.6) is 0 Å². The molecule has 0 spiro atoms. The number of anilines is 1. The number of alkyl halides is 4. The smallest absolute Gasteiger partial charge is 0.351 e. The fourth-order valence-corrected chi connectivity index (χ4v) is 3.45. The second kappa shape index (κ2) is 9.79. The van der Waals surface area contributed by atoms with Gasteiger partial charge in [-0.3, -0.25) is 30.7 Å². The average Bonchev–Trinajstić information content (AvgIpc) is 3.27. The largest absolute Gasteiger partial charge is 0.434 e. The first-order chi connectivity index (χ1) is 15.6. The highest BCUT2D eigenvalue weighted by Gasteiger charge is 2.34. The van der Waals surface area contributed by atoms with E-state index < -0.39 is 29.7 Å². The molecule has 0 aliphatic heterocycles. The summed E-state index contributed by atoms with van der Waals surface area (Å²) < 4.78 is 39.2. The highest BCUT2D eigenvalue weighted by atomic mass is 35.5. The minimum atomic E-state index is -4.65. The number of carbonyl (C=O) groups is 3. The molecular formula is C18H13ClF3N7O3S. The van der Waals surface area contributed by atoms with Gasteiger partial charge in [-0.1, -0.05) is 0 Å². The van der Waals surface area contributed by atoms with Crippen molar-refractivity contribution >= 4 is 46.6 Å². The molecule has 172 valence electrons. The van der Waals surface area contributed by atoms with Crippen LogP contribution in [0.3, 0.4) is 0 Å². The Morgan fingerprint density at radius 3 is 2.48 bits per heavy atom. The lowest BCUT2D eigenvalue weighted by Gasteiger charge is -2.11. The van der Waals surface area contributed by atoms with E-state index in [4.69, 9.17) is 17.3 Å². The van der Waals surface area contributed by atoms with Gasteiger partial charge in [-0.15, -0.1) is 22.9 Å². The first-order valence-electron chi connectivity index (χ1n) is 8.78. The number of urea groups is 1. The molecule has 3 heterocycles. The van der Waals surface area contributed by atoms with Crippen molar-refractivity contribution in [3.8, 4) is 21.7 Å².